The molecule has 8 heteroatoms. The topological polar surface area (TPSA) is 49.4 Å². The summed E-state index contributed by atoms with van der Waals surface area (Å²) >= 11 is 0. The standard InChI is InChI=1S/C17H39NO5P2/c1-9-12-23-15(2)18(10-13-24-16(3,19-5)20-6)11-14-25-17(4,21-7)22-8/h15,24-25H,9-14H2,1-8H3. The Kier molecular flexibility index (Phi) is 14.1. The van der Waals surface area contributed by atoms with Crippen LogP contribution >= 0.6 is 17.2 Å². The Balaban J connectivity index is 4.55. The first-order chi connectivity index (χ1) is 11.8. The molecule has 0 aromatic carbocycles. The van der Waals surface area contributed by atoms with Crippen LogP contribution in [0.25, 0.3) is 0 Å². The number of ether oxygens (including phenoxy) is 5. The second-order valence-electron chi connectivity index (χ2n) is 6.07. The highest BCUT2D eigenvalue weighted by Gasteiger charge is 2.25. The first kappa shape index (κ1) is 25.6. The Morgan fingerprint density at radius 3 is 1.56 bits per heavy atom. The summed E-state index contributed by atoms with van der Waals surface area (Å²) in [7, 11) is 7.91. The Morgan fingerprint density at radius 2 is 1.24 bits per heavy atom. The smallest absolute Gasteiger partial charge is 0.180 e. The van der Waals surface area contributed by atoms with Crippen LogP contribution in [-0.4, -0.2) is 82.6 Å². The molecule has 0 N–H and O–H groups in total. The monoisotopic (exact) mass is 399 g/mol. The van der Waals surface area contributed by atoms with E-state index in [9.17, 15) is 0 Å². The number of nitrogens with zero attached hydrogens (tertiary/aromatic N) is 1. The second kappa shape index (κ2) is 13.7. The molecule has 0 rings (SSSR count). The molecule has 0 aliphatic carbocycles. The average molecular weight is 399 g/mol. The zero-order chi connectivity index (χ0) is 19.3. The molecule has 0 saturated heterocycles. The zero-order valence-electron chi connectivity index (χ0n) is 17.3. The van der Waals surface area contributed by atoms with E-state index in [1.54, 1.807) is 28.4 Å². The maximum atomic E-state index is 5.93. The van der Waals surface area contributed by atoms with Crippen molar-refractivity contribution in [3.05, 3.63) is 0 Å². The molecule has 0 aliphatic heterocycles. The molecule has 6 nitrogen and oxygen atoms in total. The minimum atomic E-state index is -0.494. The van der Waals surface area contributed by atoms with Crippen LogP contribution < -0.4 is 0 Å². The van der Waals surface area contributed by atoms with Crippen molar-refractivity contribution in [1.29, 1.82) is 0 Å². The van der Waals surface area contributed by atoms with E-state index < -0.39 is 11.1 Å². The zero-order valence-corrected chi connectivity index (χ0v) is 19.3. The van der Waals surface area contributed by atoms with E-state index in [-0.39, 0.29) is 6.23 Å². The predicted molar refractivity (Wildman–Crippen MR) is 108 cm³/mol. The van der Waals surface area contributed by atoms with Crippen molar-refractivity contribution < 1.29 is 23.7 Å². The third-order valence-corrected chi connectivity index (χ3v) is 7.37. The number of hydrogen-bond acceptors (Lipinski definition) is 6. The number of hydrogen-bond donors (Lipinski definition) is 0. The molecule has 0 aromatic rings. The van der Waals surface area contributed by atoms with Gasteiger partial charge in [-0.15, -0.1) is 0 Å². The Hall–Kier alpha value is 0.620. The molecule has 0 saturated carbocycles. The molecule has 0 fully saturated rings. The fraction of sp³-hybridized carbons (Fsp3) is 1.00. The van der Waals surface area contributed by atoms with Gasteiger partial charge in [-0.1, -0.05) is 24.1 Å². The number of methoxy groups -OCH3 is 4. The molecule has 0 amide bonds. The van der Waals surface area contributed by atoms with Crippen LogP contribution in [0.15, 0.2) is 0 Å². The summed E-state index contributed by atoms with van der Waals surface area (Å²) in [6, 6.07) is 0. The van der Waals surface area contributed by atoms with Crippen LogP contribution in [0.2, 0.25) is 0 Å². The van der Waals surface area contributed by atoms with Gasteiger partial charge in [-0.05, 0) is 39.5 Å². The van der Waals surface area contributed by atoms with Gasteiger partial charge in [-0.3, -0.25) is 4.90 Å². The first-order valence-corrected chi connectivity index (χ1v) is 11.3. The lowest BCUT2D eigenvalue weighted by Crippen LogP contribution is -2.39. The predicted octanol–water partition coefficient (Wildman–Crippen LogP) is 3.35. The van der Waals surface area contributed by atoms with Gasteiger partial charge >= 0.3 is 0 Å². The fourth-order valence-corrected chi connectivity index (χ4v) is 4.46. The van der Waals surface area contributed by atoms with Gasteiger partial charge in [-0.2, -0.15) is 0 Å². The normalized spacial score (nSPS) is 15.2. The lowest BCUT2D eigenvalue weighted by Gasteiger charge is -2.33. The number of rotatable bonds is 16. The molecular formula is C17H39NO5P2. The van der Waals surface area contributed by atoms with E-state index >= 15 is 0 Å². The van der Waals surface area contributed by atoms with E-state index in [1.165, 1.54) is 0 Å². The Labute approximate surface area is 158 Å². The minimum absolute atomic E-state index is 0.0993. The molecule has 0 aromatic heterocycles. The summed E-state index contributed by atoms with van der Waals surface area (Å²) in [5.74, 6) is 0. The molecule has 0 bridgehead atoms. The third kappa shape index (κ3) is 10.5. The fourth-order valence-electron chi connectivity index (χ4n) is 2.18. The van der Waals surface area contributed by atoms with Crippen molar-refractivity contribution >= 4 is 17.2 Å². The van der Waals surface area contributed by atoms with Crippen LogP contribution in [0.1, 0.15) is 34.1 Å². The van der Waals surface area contributed by atoms with Gasteiger partial charge in [0.15, 0.2) is 11.1 Å². The van der Waals surface area contributed by atoms with Crippen LogP contribution in [0.4, 0.5) is 0 Å². The van der Waals surface area contributed by atoms with E-state index in [2.05, 4.69) is 18.7 Å². The van der Waals surface area contributed by atoms with Crippen molar-refractivity contribution in [1.82, 2.24) is 4.90 Å². The van der Waals surface area contributed by atoms with E-state index in [0.717, 1.165) is 38.4 Å². The lowest BCUT2D eigenvalue weighted by molar-refractivity contribution is -0.123. The highest BCUT2D eigenvalue weighted by molar-refractivity contribution is 7.39. The molecule has 3 atom stereocenters. The van der Waals surface area contributed by atoms with Gasteiger partial charge in [0.05, 0.1) is 0 Å². The van der Waals surface area contributed by atoms with Gasteiger partial charge < -0.3 is 23.7 Å². The van der Waals surface area contributed by atoms with E-state index in [4.69, 9.17) is 23.7 Å². The van der Waals surface area contributed by atoms with Gasteiger partial charge in [-0.25, -0.2) is 0 Å². The Bertz CT molecular complexity index is 304. The molecule has 0 spiro atoms. The molecule has 3 unspecified atom stereocenters. The summed E-state index contributed by atoms with van der Waals surface area (Å²) in [5, 5.41) is 0. The summed E-state index contributed by atoms with van der Waals surface area (Å²) in [4.78, 5) is 2.38. The van der Waals surface area contributed by atoms with Crippen LogP contribution in [0, 0.1) is 0 Å². The van der Waals surface area contributed by atoms with Crippen molar-refractivity contribution in [2.24, 2.45) is 0 Å². The van der Waals surface area contributed by atoms with Gasteiger partial charge in [0, 0.05) is 48.1 Å². The SMILES string of the molecule is CCCOC(C)N(CCPC(C)(OC)OC)CCPC(C)(OC)OC. The Morgan fingerprint density at radius 1 is 0.840 bits per heavy atom. The molecule has 0 heterocycles. The minimum Gasteiger partial charge on any atom is -0.363 e. The maximum absolute atomic E-state index is 5.93. The molecule has 152 valence electrons. The largest absolute Gasteiger partial charge is 0.363 e. The van der Waals surface area contributed by atoms with Crippen molar-refractivity contribution in [3.63, 3.8) is 0 Å². The van der Waals surface area contributed by atoms with Gasteiger partial charge in [0.2, 0.25) is 0 Å². The average Bonchev–Trinajstić information content (AvgIpc) is 2.64. The summed E-state index contributed by atoms with van der Waals surface area (Å²) in [5.41, 5.74) is -0.989. The van der Waals surface area contributed by atoms with Crippen LogP contribution in [-0.2, 0) is 23.7 Å². The molecule has 0 aliphatic rings. The highest BCUT2D eigenvalue weighted by atomic mass is 31.1. The molecule has 0 radical (unpaired) electrons. The van der Waals surface area contributed by atoms with Crippen LogP contribution in [0.3, 0.4) is 0 Å². The van der Waals surface area contributed by atoms with E-state index in [0.29, 0.717) is 17.2 Å². The van der Waals surface area contributed by atoms with E-state index in [1.807, 2.05) is 13.8 Å². The lowest BCUT2D eigenvalue weighted by atomic mass is 10.4. The van der Waals surface area contributed by atoms with Crippen molar-refractivity contribution in [2.45, 2.75) is 51.4 Å². The highest BCUT2D eigenvalue weighted by Crippen LogP contribution is 2.34. The third-order valence-electron chi connectivity index (χ3n) is 4.33. The van der Waals surface area contributed by atoms with Crippen molar-refractivity contribution in [3.8, 4) is 0 Å². The molecular weight excluding hydrogens is 360 g/mol. The van der Waals surface area contributed by atoms with Crippen LogP contribution in [0.5, 0.6) is 0 Å². The maximum Gasteiger partial charge on any atom is 0.180 e. The van der Waals surface area contributed by atoms with Crippen molar-refractivity contribution in [2.75, 3.05) is 60.5 Å². The summed E-state index contributed by atoms with van der Waals surface area (Å²) in [6.07, 6.45) is 3.14. The van der Waals surface area contributed by atoms with Gasteiger partial charge in [0.1, 0.15) is 6.23 Å². The second-order valence-corrected chi connectivity index (χ2v) is 9.59. The van der Waals surface area contributed by atoms with Gasteiger partial charge in [0.25, 0.3) is 0 Å². The quantitative estimate of drug-likeness (QED) is 0.293. The summed E-state index contributed by atoms with van der Waals surface area (Å²) < 4.78 is 27.8. The summed E-state index contributed by atoms with van der Waals surface area (Å²) in [6.45, 7) is 10.9. The molecule has 25 heavy (non-hydrogen) atoms. The first-order valence-electron chi connectivity index (χ1n) is 8.86.